The Labute approximate surface area is 157 Å². The van der Waals surface area contributed by atoms with E-state index >= 15 is 0 Å². The lowest BCUT2D eigenvalue weighted by atomic mass is 9.81. The van der Waals surface area contributed by atoms with Gasteiger partial charge in [0.25, 0.3) is 0 Å². The number of alkyl halides is 3. The summed E-state index contributed by atoms with van der Waals surface area (Å²) in [6.07, 6.45) is -0.719. The molecule has 0 spiro atoms. The van der Waals surface area contributed by atoms with E-state index in [0.717, 1.165) is 44.4 Å². The van der Waals surface area contributed by atoms with Gasteiger partial charge in [0.05, 0.1) is 11.6 Å². The number of guanidine groups is 1. The fourth-order valence-electron chi connectivity index (χ4n) is 3.93. The Balaban J connectivity index is 1.39. The molecule has 3 rings (SSSR count). The zero-order valence-electron chi connectivity index (χ0n) is 15.7. The summed E-state index contributed by atoms with van der Waals surface area (Å²) in [5, 5.41) is 7.32. The first kappa shape index (κ1) is 20.0. The lowest BCUT2D eigenvalue weighted by Crippen LogP contribution is -2.52. The number of aromatic nitrogens is 1. The summed E-state index contributed by atoms with van der Waals surface area (Å²) in [5.41, 5.74) is 0.931. The van der Waals surface area contributed by atoms with Crippen molar-refractivity contribution >= 4 is 5.96 Å². The zero-order valence-corrected chi connectivity index (χ0v) is 15.7. The Morgan fingerprint density at radius 3 is 2.48 bits per heavy atom. The Kier molecular flexibility index (Phi) is 6.62. The van der Waals surface area contributed by atoms with Crippen LogP contribution in [0.3, 0.4) is 0 Å². The molecule has 0 radical (unpaired) electrons. The molecule has 2 heterocycles. The first-order valence-electron chi connectivity index (χ1n) is 9.59. The molecule has 1 aromatic heterocycles. The molecule has 2 fully saturated rings. The van der Waals surface area contributed by atoms with E-state index in [1.165, 1.54) is 0 Å². The van der Waals surface area contributed by atoms with Crippen molar-refractivity contribution in [2.75, 3.05) is 39.8 Å². The maximum Gasteiger partial charge on any atom is 0.391 e. The van der Waals surface area contributed by atoms with E-state index in [1.54, 1.807) is 13.3 Å². The highest BCUT2D eigenvalue weighted by atomic mass is 19.4. The molecule has 2 aliphatic rings. The molecule has 1 aliphatic heterocycles. The van der Waals surface area contributed by atoms with E-state index in [1.807, 2.05) is 6.07 Å². The molecule has 1 saturated heterocycles. The quantitative estimate of drug-likeness (QED) is 0.636. The third-order valence-electron chi connectivity index (χ3n) is 5.62. The van der Waals surface area contributed by atoms with Gasteiger partial charge in [-0.25, -0.2) is 0 Å². The molecule has 9 heteroatoms. The van der Waals surface area contributed by atoms with E-state index in [2.05, 4.69) is 25.3 Å². The molecule has 0 unspecified atom stereocenters. The molecule has 0 atom stereocenters. The van der Waals surface area contributed by atoms with E-state index < -0.39 is 12.1 Å². The van der Waals surface area contributed by atoms with Crippen LogP contribution in [0.2, 0.25) is 0 Å². The summed E-state index contributed by atoms with van der Waals surface area (Å²) < 4.78 is 43.2. The second-order valence-electron chi connectivity index (χ2n) is 7.44. The highest BCUT2D eigenvalue weighted by molar-refractivity contribution is 5.80. The number of piperazine rings is 1. The number of hydrogen-bond acceptors (Lipinski definition) is 4. The molecule has 6 nitrogen and oxygen atoms in total. The summed E-state index contributed by atoms with van der Waals surface area (Å²) in [5.74, 6) is 0.00805. The van der Waals surface area contributed by atoms with E-state index in [0.29, 0.717) is 19.4 Å². The van der Waals surface area contributed by atoms with Crippen LogP contribution >= 0.6 is 0 Å². The minimum absolute atomic E-state index is 0.245. The van der Waals surface area contributed by atoms with Crippen LogP contribution in [0.15, 0.2) is 21.8 Å². The molecule has 0 bridgehead atoms. The third-order valence-corrected chi connectivity index (χ3v) is 5.62. The summed E-state index contributed by atoms with van der Waals surface area (Å²) in [6.45, 7) is 5.00. The van der Waals surface area contributed by atoms with E-state index in [-0.39, 0.29) is 18.8 Å². The van der Waals surface area contributed by atoms with Crippen LogP contribution in [0.1, 0.15) is 31.4 Å². The molecule has 1 N–H and O–H groups in total. The predicted molar refractivity (Wildman–Crippen MR) is 96.2 cm³/mol. The van der Waals surface area contributed by atoms with Crippen molar-refractivity contribution in [3.8, 4) is 0 Å². The minimum Gasteiger partial charge on any atom is -0.364 e. The topological polar surface area (TPSA) is 56.9 Å². The average Bonchev–Trinajstić information content (AvgIpc) is 3.16. The first-order valence-corrected chi connectivity index (χ1v) is 9.59. The summed E-state index contributed by atoms with van der Waals surface area (Å²) >= 11 is 0. The maximum absolute atomic E-state index is 12.8. The Bertz CT molecular complexity index is 589. The van der Waals surface area contributed by atoms with E-state index in [4.69, 9.17) is 4.52 Å². The number of rotatable bonds is 4. The molecular formula is C18H28F3N5O. The van der Waals surface area contributed by atoms with Crippen molar-refractivity contribution in [3.63, 3.8) is 0 Å². The van der Waals surface area contributed by atoms with Gasteiger partial charge in [0, 0.05) is 52.4 Å². The second-order valence-corrected chi connectivity index (χ2v) is 7.44. The normalized spacial score (nSPS) is 25.6. The highest BCUT2D eigenvalue weighted by Gasteiger charge is 2.41. The monoisotopic (exact) mass is 387 g/mol. The van der Waals surface area contributed by atoms with Gasteiger partial charge in [-0.05, 0) is 31.6 Å². The molecule has 1 saturated carbocycles. The molecule has 1 aliphatic carbocycles. The van der Waals surface area contributed by atoms with Gasteiger partial charge in [-0.1, -0.05) is 5.16 Å². The smallest absolute Gasteiger partial charge is 0.364 e. The van der Waals surface area contributed by atoms with Crippen LogP contribution in [-0.2, 0) is 6.54 Å². The maximum atomic E-state index is 12.8. The van der Waals surface area contributed by atoms with Gasteiger partial charge in [0.15, 0.2) is 5.96 Å². The number of halogens is 3. The number of aliphatic imine (C=N–C) groups is 1. The second kappa shape index (κ2) is 8.95. The fourth-order valence-corrected chi connectivity index (χ4v) is 3.93. The van der Waals surface area contributed by atoms with Crippen LogP contribution in [0.25, 0.3) is 0 Å². The third kappa shape index (κ3) is 5.60. The zero-order chi connectivity index (χ0) is 19.3. The molecule has 27 heavy (non-hydrogen) atoms. The molecular weight excluding hydrogens is 359 g/mol. The lowest BCUT2D eigenvalue weighted by molar-refractivity contribution is -0.183. The van der Waals surface area contributed by atoms with Gasteiger partial charge in [-0.2, -0.15) is 13.2 Å². The van der Waals surface area contributed by atoms with Gasteiger partial charge in [-0.15, -0.1) is 0 Å². The van der Waals surface area contributed by atoms with Gasteiger partial charge in [0.1, 0.15) is 6.26 Å². The van der Waals surface area contributed by atoms with Crippen molar-refractivity contribution in [1.29, 1.82) is 0 Å². The molecule has 152 valence electrons. The predicted octanol–water partition coefficient (Wildman–Crippen LogP) is 2.74. The standard InChI is InChI=1S/C18H28F3N5O/c1-22-17(23-12-14-2-4-15(5-3-14)18(19,20)21)26-9-7-25(8-10-26)13-16-6-11-27-24-16/h6,11,14-15H,2-5,7-10,12-13H2,1H3,(H,22,23). The number of nitrogens with one attached hydrogen (secondary N) is 1. The average molecular weight is 387 g/mol. The van der Waals surface area contributed by atoms with E-state index in [9.17, 15) is 13.2 Å². The van der Waals surface area contributed by atoms with Crippen LogP contribution < -0.4 is 5.32 Å². The van der Waals surface area contributed by atoms with Gasteiger partial charge >= 0.3 is 6.18 Å². The molecule has 1 aromatic rings. The highest BCUT2D eigenvalue weighted by Crippen LogP contribution is 2.39. The van der Waals surface area contributed by atoms with Gasteiger partial charge < -0.3 is 14.7 Å². The van der Waals surface area contributed by atoms with Crippen molar-refractivity contribution < 1.29 is 17.7 Å². The Morgan fingerprint density at radius 1 is 1.22 bits per heavy atom. The van der Waals surface area contributed by atoms with Crippen molar-refractivity contribution in [2.24, 2.45) is 16.8 Å². The summed E-state index contributed by atoms with van der Waals surface area (Å²) in [6, 6.07) is 1.88. The van der Waals surface area contributed by atoms with Crippen LogP contribution in [0, 0.1) is 11.8 Å². The fraction of sp³-hybridized carbons (Fsp3) is 0.778. The van der Waals surface area contributed by atoms with Gasteiger partial charge in [-0.3, -0.25) is 9.89 Å². The largest absolute Gasteiger partial charge is 0.391 e. The molecule has 0 aromatic carbocycles. The minimum atomic E-state index is -4.04. The van der Waals surface area contributed by atoms with Crippen molar-refractivity contribution in [2.45, 2.75) is 38.4 Å². The molecule has 0 amide bonds. The summed E-state index contributed by atoms with van der Waals surface area (Å²) in [4.78, 5) is 8.89. The number of nitrogens with zero attached hydrogens (tertiary/aromatic N) is 4. The summed E-state index contributed by atoms with van der Waals surface area (Å²) in [7, 11) is 1.75. The Hall–Kier alpha value is -1.77. The van der Waals surface area contributed by atoms with Crippen LogP contribution in [-0.4, -0.2) is 66.9 Å². The first-order chi connectivity index (χ1) is 13.0. The Morgan fingerprint density at radius 2 is 1.93 bits per heavy atom. The van der Waals surface area contributed by atoms with Crippen LogP contribution in [0.5, 0.6) is 0 Å². The van der Waals surface area contributed by atoms with Gasteiger partial charge in [0.2, 0.25) is 0 Å². The van der Waals surface area contributed by atoms with Crippen LogP contribution in [0.4, 0.5) is 13.2 Å². The number of hydrogen-bond donors (Lipinski definition) is 1. The van der Waals surface area contributed by atoms with Crippen molar-refractivity contribution in [3.05, 3.63) is 18.0 Å². The SMILES string of the molecule is CN=C(NCC1CCC(C(F)(F)F)CC1)N1CCN(Cc2ccon2)CC1. The van der Waals surface area contributed by atoms with Crippen molar-refractivity contribution in [1.82, 2.24) is 20.3 Å². The lowest BCUT2D eigenvalue weighted by Gasteiger charge is -2.37.